The van der Waals surface area contributed by atoms with Crippen molar-refractivity contribution in [3.63, 3.8) is 0 Å². The first-order valence-electron chi connectivity index (χ1n) is 16.7. The van der Waals surface area contributed by atoms with E-state index >= 15 is 0 Å². The number of ether oxygens (including phenoxy) is 1. The van der Waals surface area contributed by atoms with Crippen LogP contribution in [-0.2, 0) is 16.6 Å². The highest BCUT2D eigenvalue weighted by atomic mass is 35.5. The summed E-state index contributed by atoms with van der Waals surface area (Å²) in [5.41, 5.74) is -0.451. The molecule has 3 aromatic rings. The van der Waals surface area contributed by atoms with Gasteiger partial charge in [-0.2, -0.15) is 13.2 Å². The molecule has 3 aliphatic rings. The van der Waals surface area contributed by atoms with Gasteiger partial charge in [-0.25, -0.2) is 0 Å². The lowest BCUT2D eigenvalue weighted by atomic mass is 9.94. The van der Waals surface area contributed by atoms with E-state index in [9.17, 15) is 18.0 Å². The maximum Gasteiger partial charge on any atom is 0.416 e. The van der Waals surface area contributed by atoms with Crippen LogP contribution in [-0.4, -0.2) is 79.6 Å². The van der Waals surface area contributed by atoms with E-state index in [0.29, 0.717) is 41.8 Å². The van der Waals surface area contributed by atoms with Crippen molar-refractivity contribution in [2.24, 2.45) is 0 Å². The smallest absolute Gasteiger partial charge is 0.416 e. The molecule has 0 aromatic heterocycles. The summed E-state index contributed by atoms with van der Waals surface area (Å²) in [5, 5.41) is 8.32. The van der Waals surface area contributed by atoms with Gasteiger partial charge in [-0.3, -0.25) is 20.3 Å². The summed E-state index contributed by atoms with van der Waals surface area (Å²) in [6.45, 7) is 8.46. The van der Waals surface area contributed by atoms with Crippen molar-refractivity contribution in [3.05, 3.63) is 99.0 Å². The van der Waals surface area contributed by atoms with Gasteiger partial charge in [0.05, 0.1) is 24.3 Å². The van der Waals surface area contributed by atoms with Gasteiger partial charge in [0, 0.05) is 54.9 Å². The standard InChI is InChI=1S/C36H42Cl2F3N5O2/c1-2-48-31-24-27(36(39,40)41)10-15-30(31)35(34(47)46-22-20-45(21-23-46)19-18-44-16-4-3-5-17-44)42-32(25-6-11-28(37)12-7-25)33(43-35)26-8-13-29(38)14-9-26/h6-15,24,32-33,42-43H,2-5,16-23H2,1H3. The molecule has 1 amide bonds. The van der Waals surface area contributed by atoms with E-state index in [4.69, 9.17) is 27.9 Å². The second-order valence-corrected chi connectivity index (χ2v) is 13.6. The lowest BCUT2D eigenvalue weighted by Gasteiger charge is -2.41. The second kappa shape index (κ2) is 14.9. The molecule has 2 atom stereocenters. The van der Waals surface area contributed by atoms with E-state index in [1.165, 1.54) is 25.3 Å². The maximum absolute atomic E-state index is 15.0. The molecular formula is C36H42Cl2F3N5O2. The number of piperidine rings is 1. The Kier molecular flexibility index (Phi) is 10.9. The molecular weight excluding hydrogens is 662 g/mol. The monoisotopic (exact) mass is 703 g/mol. The fourth-order valence-electron chi connectivity index (χ4n) is 7.12. The number of hydrogen-bond acceptors (Lipinski definition) is 6. The summed E-state index contributed by atoms with van der Waals surface area (Å²) in [6.07, 6.45) is -0.804. The molecule has 3 aliphatic heterocycles. The van der Waals surface area contributed by atoms with Crippen LogP contribution in [0.5, 0.6) is 5.75 Å². The van der Waals surface area contributed by atoms with E-state index in [-0.39, 0.29) is 18.3 Å². The van der Waals surface area contributed by atoms with Crippen LogP contribution in [0.25, 0.3) is 0 Å². The average Bonchev–Trinajstić information content (AvgIpc) is 3.50. The number of likely N-dealkylation sites (tertiary alicyclic amines) is 1. The van der Waals surface area contributed by atoms with Gasteiger partial charge in [-0.15, -0.1) is 0 Å². The van der Waals surface area contributed by atoms with Crippen molar-refractivity contribution in [2.45, 2.75) is 50.1 Å². The van der Waals surface area contributed by atoms with Crippen molar-refractivity contribution in [3.8, 4) is 5.75 Å². The molecule has 2 unspecified atom stereocenters. The molecule has 48 heavy (non-hydrogen) atoms. The van der Waals surface area contributed by atoms with E-state index in [1.807, 2.05) is 29.2 Å². The maximum atomic E-state index is 15.0. The molecule has 12 heteroatoms. The largest absolute Gasteiger partial charge is 0.493 e. The minimum atomic E-state index is -4.58. The molecule has 3 fully saturated rings. The van der Waals surface area contributed by atoms with Crippen LogP contribution >= 0.6 is 23.2 Å². The Morgan fingerprint density at radius 1 is 0.792 bits per heavy atom. The fraction of sp³-hybridized carbons (Fsp3) is 0.472. The Bertz CT molecular complexity index is 1490. The molecule has 0 aliphatic carbocycles. The molecule has 6 rings (SSSR count). The number of alkyl halides is 3. The molecule has 0 radical (unpaired) electrons. The molecule has 258 valence electrons. The van der Waals surface area contributed by atoms with E-state index in [1.54, 1.807) is 31.2 Å². The number of hydrogen-bond donors (Lipinski definition) is 2. The summed E-state index contributed by atoms with van der Waals surface area (Å²) >= 11 is 12.5. The van der Waals surface area contributed by atoms with Gasteiger partial charge in [0.15, 0.2) is 5.66 Å². The van der Waals surface area contributed by atoms with Crippen LogP contribution in [0.15, 0.2) is 66.7 Å². The molecule has 0 spiro atoms. The molecule has 3 aromatic carbocycles. The van der Waals surface area contributed by atoms with Gasteiger partial charge in [-0.05, 0) is 80.4 Å². The molecule has 0 saturated carbocycles. The van der Waals surface area contributed by atoms with Crippen LogP contribution in [0.3, 0.4) is 0 Å². The van der Waals surface area contributed by atoms with Crippen molar-refractivity contribution in [1.29, 1.82) is 0 Å². The number of carbonyl (C=O) groups is 1. The van der Waals surface area contributed by atoms with Gasteiger partial charge in [-0.1, -0.05) is 60.0 Å². The zero-order valence-corrected chi connectivity index (χ0v) is 28.6. The van der Waals surface area contributed by atoms with Crippen molar-refractivity contribution in [1.82, 2.24) is 25.3 Å². The first-order chi connectivity index (χ1) is 23.1. The first kappa shape index (κ1) is 35.0. The van der Waals surface area contributed by atoms with Gasteiger partial charge < -0.3 is 14.5 Å². The van der Waals surface area contributed by atoms with Crippen LogP contribution in [0.2, 0.25) is 10.0 Å². The summed E-state index contributed by atoms with van der Waals surface area (Å²) in [4.78, 5) is 21.7. The van der Waals surface area contributed by atoms with Crippen molar-refractivity contribution >= 4 is 29.1 Å². The fourth-order valence-corrected chi connectivity index (χ4v) is 7.37. The number of nitrogens with zero attached hydrogens (tertiary/aromatic N) is 3. The highest BCUT2D eigenvalue weighted by Crippen LogP contribution is 2.46. The number of amides is 1. The highest BCUT2D eigenvalue weighted by Gasteiger charge is 2.54. The minimum absolute atomic E-state index is 0.00699. The van der Waals surface area contributed by atoms with Crippen LogP contribution in [0.1, 0.15) is 60.5 Å². The summed E-state index contributed by atoms with van der Waals surface area (Å²) < 4.78 is 47.6. The summed E-state index contributed by atoms with van der Waals surface area (Å²) in [7, 11) is 0. The number of benzene rings is 3. The Labute approximate surface area is 290 Å². The molecule has 7 nitrogen and oxygen atoms in total. The topological polar surface area (TPSA) is 60.1 Å². The van der Waals surface area contributed by atoms with E-state index in [0.717, 1.165) is 49.4 Å². The number of piperazine rings is 1. The Morgan fingerprint density at radius 2 is 1.31 bits per heavy atom. The van der Waals surface area contributed by atoms with Crippen molar-refractivity contribution in [2.75, 3.05) is 59.0 Å². The normalized spacial score (nSPS) is 24.2. The van der Waals surface area contributed by atoms with E-state index < -0.39 is 29.5 Å². The van der Waals surface area contributed by atoms with Crippen LogP contribution < -0.4 is 15.4 Å². The van der Waals surface area contributed by atoms with Crippen LogP contribution in [0, 0.1) is 0 Å². The Hall–Kier alpha value is -2.86. The van der Waals surface area contributed by atoms with E-state index in [2.05, 4.69) is 20.4 Å². The Morgan fingerprint density at radius 3 is 1.81 bits per heavy atom. The number of rotatable bonds is 9. The van der Waals surface area contributed by atoms with Gasteiger partial charge in [0.1, 0.15) is 5.75 Å². The molecule has 3 saturated heterocycles. The lowest BCUT2D eigenvalue weighted by Crippen LogP contribution is -2.62. The second-order valence-electron chi connectivity index (χ2n) is 12.8. The quantitative estimate of drug-likeness (QED) is 0.254. The molecule has 2 N–H and O–H groups in total. The minimum Gasteiger partial charge on any atom is -0.493 e. The predicted molar refractivity (Wildman–Crippen MR) is 182 cm³/mol. The SMILES string of the molecule is CCOc1cc(C(F)(F)F)ccc1C1(C(=O)N2CCN(CCN3CCCCC3)CC2)NC(c2ccc(Cl)cc2)C(c2ccc(Cl)cc2)N1. The van der Waals surface area contributed by atoms with Crippen LogP contribution in [0.4, 0.5) is 13.2 Å². The predicted octanol–water partition coefficient (Wildman–Crippen LogP) is 6.87. The highest BCUT2D eigenvalue weighted by molar-refractivity contribution is 6.30. The van der Waals surface area contributed by atoms with Gasteiger partial charge in [0.25, 0.3) is 5.91 Å². The first-order valence-corrected chi connectivity index (χ1v) is 17.5. The van der Waals surface area contributed by atoms with Crippen molar-refractivity contribution < 1.29 is 22.7 Å². The zero-order valence-electron chi connectivity index (χ0n) is 27.0. The number of carbonyl (C=O) groups excluding carboxylic acids is 1. The lowest BCUT2D eigenvalue weighted by molar-refractivity contribution is -0.141. The number of nitrogens with one attached hydrogen (secondary N) is 2. The molecule has 3 heterocycles. The Balaban J connectivity index is 1.37. The third-order valence-electron chi connectivity index (χ3n) is 9.71. The third kappa shape index (κ3) is 7.64. The summed E-state index contributed by atoms with van der Waals surface area (Å²) in [5.74, 6) is -0.276. The molecule has 0 bridgehead atoms. The zero-order chi connectivity index (χ0) is 33.9. The van der Waals surface area contributed by atoms with Gasteiger partial charge >= 0.3 is 6.18 Å². The number of halogens is 5. The summed E-state index contributed by atoms with van der Waals surface area (Å²) in [6, 6.07) is 17.1. The van der Waals surface area contributed by atoms with Gasteiger partial charge in [0.2, 0.25) is 0 Å². The third-order valence-corrected chi connectivity index (χ3v) is 10.2. The average molecular weight is 705 g/mol.